The Balaban J connectivity index is 1.52. The molecule has 3 rings (SSSR count). The Morgan fingerprint density at radius 1 is 1.15 bits per heavy atom. The molecule has 2 aromatic rings. The number of hydrogen-bond donors (Lipinski definition) is 3. The highest BCUT2D eigenvalue weighted by molar-refractivity contribution is 5.79. The van der Waals surface area contributed by atoms with Gasteiger partial charge in [-0.2, -0.15) is 0 Å². The van der Waals surface area contributed by atoms with Crippen LogP contribution >= 0.6 is 0 Å². The molecule has 6 heteroatoms. The van der Waals surface area contributed by atoms with Gasteiger partial charge in [0.25, 0.3) is 0 Å². The third-order valence-electron chi connectivity index (χ3n) is 4.96. The van der Waals surface area contributed by atoms with Crippen molar-refractivity contribution < 1.29 is 14.7 Å². The highest BCUT2D eigenvalue weighted by atomic mass is 16.3. The molecule has 0 aliphatic carbocycles. The van der Waals surface area contributed by atoms with Crippen molar-refractivity contribution in [3.8, 4) is 5.75 Å². The first kappa shape index (κ1) is 18.8. The van der Waals surface area contributed by atoms with E-state index in [2.05, 4.69) is 10.2 Å². The first-order chi connectivity index (χ1) is 13.0. The number of anilines is 1. The van der Waals surface area contributed by atoms with Crippen LogP contribution in [0.15, 0.2) is 48.5 Å². The molecule has 6 nitrogen and oxygen atoms in total. The molecule has 1 heterocycles. The second-order valence-corrected chi connectivity index (χ2v) is 6.94. The molecule has 2 amide bonds. The minimum Gasteiger partial charge on any atom is -0.508 e. The van der Waals surface area contributed by atoms with E-state index in [0.717, 1.165) is 30.6 Å². The normalized spacial score (nSPS) is 16.7. The number of aromatic hydroxyl groups is 1. The van der Waals surface area contributed by atoms with Gasteiger partial charge >= 0.3 is 0 Å². The average molecular weight is 367 g/mol. The number of primary amides is 1. The molecule has 1 aliphatic heterocycles. The highest BCUT2D eigenvalue weighted by Crippen LogP contribution is 2.23. The second-order valence-electron chi connectivity index (χ2n) is 6.94. The Bertz CT molecular complexity index is 805. The number of piperidine rings is 1. The van der Waals surface area contributed by atoms with Gasteiger partial charge in [0.1, 0.15) is 5.75 Å². The van der Waals surface area contributed by atoms with Crippen LogP contribution in [0.2, 0.25) is 0 Å². The van der Waals surface area contributed by atoms with Crippen LogP contribution in [0.1, 0.15) is 24.0 Å². The van der Waals surface area contributed by atoms with Crippen LogP contribution in [0.25, 0.3) is 0 Å². The summed E-state index contributed by atoms with van der Waals surface area (Å²) in [4.78, 5) is 25.7. The zero-order valence-corrected chi connectivity index (χ0v) is 15.2. The molecule has 0 bridgehead atoms. The van der Waals surface area contributed by atoms with Crippen molar-refractivity contribution in [1.29, 1.82) is 0 Å². The fraction of sp³-hybridized carbons (Fsp3) is 0.333. The second kappa shape index (κ2) is 8.58. The van der Waals surface area contributed by atoms with Crippen molar-refractivity contribution in [2.24, 2.45) is 11.7 Å². The SMILES string of the molecule is NC(=O)[C@@H]1CCCN(c2ccc(CNC(=O)Cc3ccccc3O)cc2)C1. The van der Waals surface area contributed by atoms with Gasteiger partial charge in [-0.05, 0) is 36.6 Å². The third kappa shape index (κ3) is 5.00. The number of nitrogens with one attached hydrogen (secondary N) is 1. The molecule has 0 saturated carbocycles. The molecule has 1 fully saturated rings. The first-order valence-corrected chi connectivity index (χ1v) is 9.19. The van der Waals surface area contributed by atoms with E-state index in [1.54, 1.807) is 24.3 Å². The van der Waals surface area contributed by atoms with Crippen molar-refractivity contribution in [2.75, 3.05) is 18.0 Å². The van der Waals surface area contributed by atoms with Gasteiger partial charge in [0.15, 0.2) is 0 Å². The number of benzene rings is 2. The summed E-state index contributed by atoms with van der Waals surface area (Å²) in [7, 11) is 0. The Hall–Kier alpha value is -3.02. The number of rotatable bonds is 6. The zero-order valence-electron chi connectivity index (χ0n) is 15.2. The Kier molecular flexibility index (Phi) is 5.96. The molecule has 142 valence electrons. The summed E-state index contributed by atoms with van der Waals surface area (Å²) in [5.41, 5.74) is 8.11. The molecule has 0 unspecified atom stereocenters. The van der Waals surface area contributed by atoms with Crippen molar-refractivity contribution in [3.63, 3.8) is 0 Å². The van der Waals surface area contributed by atoms with E-state index in [4.69, 9.17) is 5.73 Å². The fourth-order valence-electron chi connectivity index (χ4n) is 3.36. The molecule has 0 spiro atoms. The molecule has 0 aromatic heterocycles. The van der Waals surface area contributed by atoms with Crippen LogP contribution in [0.5, 0.6) is 5.75 Å². The van der Waals surface area contributed by atoms with E-state index < -0.39 is 0 Å². The highest BCUT2D eigenvalue weighted by Gasteiger charge is 2.24. The maximum Gasteiger partial charge on any atom is 0.224 e. The number of carbonyl (C=O) groups excluding carboxylic acids is 2. The summed E-state index contributed by atoms with van der Waals surface area (Å²) < 4.78 is 0. The summed E-state index contributed by atoms with van der Waals surface area (Å²) in [5, 5.41) is 12.6. The van der Waals surface area contributed by atoms with Gasteiger partial charge in [0, 0.05) is 30.9 Å². The van der Waals surface area contributed by atoms with Crippen LogP contribution in [0.3, 0.4) is 0 Å². The van der Waals surface area contributed by atoms with Gasteiger partial charge in [0.2, 0.25) is 11.8 Å². The van der Waals surface area contributed by atoms with Crippen LogP contribution in [0.4, 0.5) is 5.69 Å². The van der Waals surface area contributed by atoms with E-state index in [1.807, 2.05) is 24.3 Å². The maximum atomic E-state index is 12.1. The summed E-state index contributed by atoms with van der Waals surface area (Å²) in [6.07, 6.45) is 1.96. The van der Waals surface area contributed by atoms with Crippen LogP contribution in [-0.2, 0) is 22.6 Å². The van der Waals surface area contributed by atoms with E-state index in [-0.39, 0.29) is 29.9 Å². The van der Waals surface area contributed by atoms with Gasteiger partial charge < -0.3 is 21.1 Å². The fourth-order valence-corrected chi connectivity index (χ4v) is 3.36. The summed E-state index contributed by atoms with van der Waals surface area (Å²) in [6.45, 7) is 2.00. The standard InChI is InChI=1S/C21H25N3O3/c22-21(27)17-5-3-11-24(14-17)18-9-7-15(8-10-18)13-23-20(26)12-16-4-1-2-6-19(16)25/h1-2,4,6-10,17,25H,3,5,11-14H2,(H2,22,27)(H,23,26)/t17-/m1/s1. The summed E-state index contributed by atoms with van der Waals surface area (Å²) in [5.74, 6) is -0.329. The number of carbonyl (C=O) groups is 2. The lowest BCUT2D eigenvalue weighted by Crippen LogP contribution is -2.41. The van der Waals surface area contributed by atoms with Crippen molar-refractivity contribution >= 4 is 17.5 Å². The molecule has 0 radical (unpaired) electrons. The predicted molar refractivity (Wildman–Crippen MR) is 104 cm³/mol. The molecule has 1 saturated heterocycles. The number of phenols is 1. The zero-order chi connectivity index (χ0) is 19.2. The minimum atomic E-state index is -0.233. The topological polar surface area (TPSA) is 95.7 Å². The van der Waals surface area contributed by atoms with Crippen LogP contribution in [-0.4, -0.2) is 30.0 Å². The third-order valence-corrected chi connectivity index (χ3v) is 4.96. The number of nitrogens with two attached hydrogens (primary N) is 1. The molecule has 27 heavy (non-hydrogen) atoms. The molecular weight excluding hydrogens is 342 g/mol. The van der Waals surface area contributed by atoms with E-state index in [0.29, 0.717) is 18.7 Å². The van der Waals surface area contributed by atoms with E-state index >= 15 is 0 Å². The van der Waals surface area contributed by atoms with Gasteiger partial charge in [-0.25, -0.2) is 0 Å². The molecular formula is C21H25N3O3. The molecule has 1 aliphatic rings. The smallest absolute Gasteiger partial charge is 0.224 e. The molecule has 1 atom stereocenters. The van der Waals surface area contributed by atoms with Crippen molar-refractivity contribution in [1.82, 2.24) is 5.32 Å². The monoisotopic (exact) mass is 367 g/mol. The van der Waals surface area contributed by atoms with Gasteiger partial charge in [-0.3, -0.25) is 9.59 Å². The average Bonchev–Trinajstić information content (AvgIpc) is 2.69. The number of amides is 2. The number of phenolic OH excluding ortho intramolecular Hbond substituents is 1. The Morgan fingerprint density at radius 2 is 1.89 bits per heavy atom. The Morgan fingerprint density at radius 3 is 2.59 bits per heavy atom. The lowest BCUT2D eigenvalue weighted by atomic mass is 9.97. The maximum absolute atomic E-state index is 12.1. The number of nitrogens with zero attached hydrogens (tertiary/aromatic N) is 1. The van der Waals surface area contributed by atoms with E-state index in [9.17, 15) is 14.7 Å². The van der Waals surface area contributed by atoms with Crippen LogP contribution in [0, 0.1) is 5.92 Å². The lowest BCUT2D eigenvalue weighted by molar-refractivity contribution is -0.122. The first-order valence-electron chi connectivity index (χ1n) is 9.19. The van der Waals surface area contributed by atoms with Gasteiger partial charge in [0.05, 0.1) is 12.3 Å². The summed E-state index contributed by atoms with van der Waals surface area (Å²) in [6, 6.07) is 14.8. The van der Waals surface area contributed by atoms with Crippen LogP contribution < -0.4 is 16.0 Å². The van der Waals surface area contributed by atoms with Gasteiger partial charge in [-0.1, -0.05) is 30.3 Å². The minimum absolute atomic E-state index is 0.0906. The van der Waals surface area contributed by atoms with Crippen molar-refractivity contribution in [3.05, 3.63) is 59.7 Å². The number of para-hydroxylation sites is 1. The predicted octanol–water partition coefficient (Wildman–Crippen LogP) is 1.95. The number of hydrogen-bond acceptors (Lipinski definition) is 4. The summed E-state index contributed by atoms with van der Waals surface area (Å²) >= 11 is 0. The van der Waals surface area contributed by atoms with Gasteiger partial charge in [-0.15, -0.1) is 0 Å². The van der Waals surface area contributed by atoms with E-state index in [1.165, 1.54) is 0 Å². The van der Waals surface area contributed by atoms with Crippen molar-refractivity contribution in [2.45, 2.75) is 25.8 Å². The molecule has 2 aromatic carbocycles. The molecule has 4 N–H and O–H groups in total. The quantitative estimate of drug-likeness (QED) is 0.727. The Labute approximate surface area is 159 Å². The largest absolute Gasteiger partial charge is 0.508 e. The lowest BCUT2D eigenvalue weighted by Gasteiger charge is -2.33.